The second-order valence-corrected chi connectivity index (χ2v) is 8.02. The molecule has 0 bridgehead atoms. The van der Waals surface area contributed by atoms with Crippen LogP contribution in [-0.2, 0) is 6.54 Å². The van der Waals surface area contributed by atoms with Gasteiger partial charge >= 0.3 is 0 Å². The molecule has 0 atom stereocenters. The summed E-state index contributed by atoms with van der Waals surface area (Å²) < 4.78 is 0. The fourth-order valence-electron chi connectivity index (χ4n) is 4.06. The largest absolute Gasteiger partial charge is 0.347 e. The van der Waals surface area contributed by atoms with E-state index in [1.54, 1.807) is 6.07 Å². The van der Waals surface area contributed by atoms with Gasteiger partial charge in [-0.25, -0.2) is 15.0 Å². The number of aromatic nitrogens is 4. The van der Waals surface area contributed by atoms with Crippen LogP contribution in [0.15, 0.2) is 23.3 Å². The molecular weight excluding hydrogens is 354 g/mol. The highest BCUT2D eigenvalue weighted by Crippen LogP contribution is 2.28. The van der Waals surface area contributed by atoms with Gasteiger partial charge in [-0.2, -0.15) is 0 Å². The molecule has 0 aliphatic carbocycles. The molecule has 0 radical (unpaired) electrons. The Bertz CT molecular complexity index is 834. The number of rotatable bonds is 5. The molecule has 0 spiro atoms. The van der Waals surface area contributed by atoms with E-state index in [1.807, 2.05) is 31.4 Å². The number of nitrogens with one attached hydrogen (secondary N) is 1. The normalized spacial score (nSPS) is 18.6. The van der Waals surface area contributed by atoms with Crippen molar-refractivity contribution in [2.45, 2.75) is 38.1 Å². The molecule has 150 valence electrons. The van der Waals surface area contributed by atoms with Crippen LogP contribution in [0, 0.1) is 0 Å². The lowest BCUT2D eigenvalue weighted by molar-refractivity contribution is 0.203. The van der Waals surface area contributed by atoms with Gasteiger partial charge in [-0.3, -0.25) is 14.7 Å². The summed E-state index contributed by atoms with van der Waals surface area (Å²) in [5, 5.41) is 0. The first-order valence-electron chi connectivity index (χ1n) is 10.2. The molecule has 2 fully saturated rings. The fourth-order valence-corrected chi connectivity index (χ4v) is 4.06. The SMILES string of the molecule is CN(C)c1ncc(CN2CCC(c3cc(=O)[nH]c(N4CCCC4)n3)CC2)cn1. The van der Waals surface area contributed by atoms with E-state index in [0.717, 1.165) is 68.7 Å². The van der Waals surface area contributed by atoms with Crippen molar-refractivity contribution in [2.24, 2.45) is 0 Å². The summed E-state index contributed by atoms with van der Waals surface area (Å²) in [6.45, 7) is 4.82. The standard InChI is InChI=1S/C20H29N7O/c1-25(2)19-21-12-15(13-22-19)14-26-9-5-16(6-10-26)17-11-18(28)24-20(23-17)27-7-3-4-8-27/h11-13,16H,3-10,14H2,1-2H3,(H,23,24,28). The maximum absolute atomic E-state index is 12.1. The maximum Gasteiger partial charge on any atom is 0.252 e. The molecule has 2 aliphatic rings. The van der Waals surface area contributed by atoms with Gasteiger partial charge in [-0.15, -0.1) is 0 Å². The van der Waals surface area contributed by atoms with Gasteiger partial charge in [-0.05, 0) is 38.8 Å². The predicted octanol–water partition coefficient (Wildman–Crippen LogP) is 1.61. The Labute approximate surface area is 165 Å². The van der Waals surface area contributed by atoms with Crippen molar-refractivity contribution in [3.8, 4) is 0 Å². The molecule has 2 aromatic heterocycles. The summed E-state index contributed by atoms with van der Waals surface area (Å²) >= 11 is 0. The van der Waals surface area contributed by atoms with Crippen molar-refractivity contribution in [1.29, 1.82) is 0 Å². The summed E-state index contributed by atoms with van der Waals surface area (Å²) in [6, 6.07) is 1.69. The zero-order valence-corrected chi connectivity index (χ0v) is 16.8. The Morgan fingerprint density at radius 3 is 2.43 bits per heavy atom. The number of nitrogens with zero attached hydrogens (tertiary/aromatic N) is 6. The van der Waals surface area contributed by atoms with Gasteiger partial charge < -0.3 is 9.80 Å². The molecule has 4 rings (SSSR count). The molecule has 0 unspecified atom stereocenters. The van der Waals surface area contributed by atoms with Gasteiger partial charge in [0.15, 0.2) is 0 Å². The molecule has 2 aliphatic heterocycles. The molecule has 1 N–H and O–H groups in total. The first-order valence-corrected chi connectivity index (χ1v) is 10.2. The molecule has 8 nitrogen and oxygen atoms in total. The van der Waals surface area contributed by atoms with E-state index in [2.05, 4.69) is 24.8 Å². The number of hydrogen-bond donors (Lipinski definition) is 1. The van der Waals surface area contributed by atoms with Crippen LogP contribution in [0.4, 0.5) is 11.9 Å². The zero-order valence-electron chi connectivity index (χ0n) is 16.8. The monoisotopic (exact) mass is 383 g/mol. The summed E-state index contributed by atoms with van der Waals surface area (Å²) in [7, 11) is 3.88. The van der Waals surface area contributed by atoms with E-state index in [9.17, 15) is 4.79 Å². The molecule has 4 heterocycles. The summed E-state index contributed by atoms with van der Waals surface area (Å²) in [5.41, 5.74) is 2.05. The van der Waals surface area contributed by atoms with E-state index < -0.39 is 0 Å². The smallest absolute Gasteiger partial charge is 0.252 e. The van der Waals surface area contributed by atoms with Crippen LogP contribution >= 0.6 is 0 Å². The number of hydrogen-bond acceptors (Lipinski definition) is 7. The van der Waals surface area contributed by atoms with Gasteiger partial charge in [0.2, 0.25) is 11.9 Å². The van der Waals surface area contributed by atoms with Gasteiger partial charge in [-0.1, -0.05) is 0 Å². The average molecular weight is 384 g/mol. The van der Waals surface area contributed by atoms with E-state index in [4.69, 9.17) is 4.98 Å². The third-order valence-electron chi connectivity index (χ3n) is 5.66. The molecule has 0 aromatic carbocycles. The number of aromatic amines is 1. The Morgan fingerprint density at radius 1 is 1.11 bits per heavy atom. The molecular formula is C20H29N7O. The Morgan fingerprint density at radius 2 is 1.79 bits per heavy atom. The second-order valence-electron chi connectivity index (χ2n) is 8.02. The van der Waals surface area contributed by atoms with Crippen LogP contribution in [-0.4, -0.2) is 65.1 Å². The lowest BCUT2D eigenvalue weighted by atomic mass is 9.93. The molecule has 0 saturated carbocycles. The van der Waals surface area contributed by atoms with Crippen LogP contribution in [0.5, 0.6) is 0 Å². The Hall–Kier alpha value is -2.48. The van der Waals surface area contributed by atoms with Gasteiger partial charge in [0, 0.05) is 63.7 Å². The van der Waals surface area contributed by atoms with E-state index in [-0.39, 0.29) is 5.56 Å². The number of piperidine rings is 1. The highest BCUT2D eigenvalue weighted by Gasteiger charge is 2.24. The minimum atomic E-state index is -0.0348. The number of likely N-dealkylation sites (tertiary alicyclic amines) is 1. The lowest BCUT2D eigenvalue weighted by Gasteiger charge is -2.31. The third-order valence-corrected chi connectivity index (χ3v) is 5.66. The topological polar surface area (TPSA) is 81.3 Å². The number of H-pyrrole nitrogens is 1. The minimum Gasteiger partial charge on any atom is -0.347 e. The van der Waals surface area contributed by atoms with Gasteiger partial charge in [0.05, 0.1) is 5.69 Å². The van der Waals surface area contributed by atoms with Crippen molar-refractivity contribution < 1.29 is 0 Å². The summed E-state index contributed by atoms with van der Waals surface area (Å²) in [6.07, 6.45) is 8.21. The van der Waals surface area contributed by atoms with Crippen LogP contribution in [0.3, 0.4) is 0 Å². The molecule has 2 saturated heterocycles. The second kappa shape index (κ2) is 8.26. The van der Waals surface area contributed by atoms with Crippen molar-refractivity contribution >= 4 is 11.9 Å². The average Bonchev–Trinajstić information content (AvgIpc) is 3.23. The van der Waals surface area contributed by atoms with Crippen LogP contribution in [0.1, 0.15) is 42.9 Å². The van der Waals surface area contributed by atoms with Crippen molar-refractivity contribution in [3.05, 3.63) is 40.1 Å². The molecule has 0 amide bonds. The lowest BCUT2D eigenvalue weighted by Crippen LogP contribution is -2.33. The van der Waals surface area contributed by atoms with Crippen molar-refractivity contribution in [3.63, 3.8) is 0 Å². The van der Waals surface area contributed by atoms with Gasteiger partial charge in [0.25, 0.3) is 5.56 Å². The maximum atomic E-state index is 12.1. The van der Waals surface area contributed by atoms with E-state index >= 15 is 0 Å². The van der Waals surface area contributed by atoms with Crippen LogP contribution in [0.2, 0.25) is 0 Å². The van der Waals surface area contributed by atoms with Crippen molar-refractivity contribution in [2.75, 3.05) is 50.1 Å². The number of anilines is 2. The molecule has 28 heavy (non-hydrogen) atoms. The summed E-state index contributed by atoms with van der Waals surface area (Å²) in [5.74, 6) is 1.84. The third kappa shape index (κ3) is 4.32. The van der Waals surface area contributed by atoms with E-state index in [1.165, 1.54) is 12.8 Å². The first-order chi connectivity index (χ1) is 13.6. The van der Waals surface area contributed by atoms with Crippen LogP contribution < -0.4 is 15.4 Å². The first kappa shape index (κ1) is 18.9. The Kier molecular flexibility index (Phi) is 5.57. The molecule has 2 aromatic rings. The van der Waals surface area contributed by atoms with E-state index in [0.29, 0.717) is 5.92 Å². The minimum absolute atomic E-state index is 0.0348. The van der Waals surface area contributed by atoms with Crippen LogP contribution in [0.25, 0.3) is 0 Å². The predicted molar refractivity (Wildman–Crippen MR) is 110 cm³/mol. The highest BCUT2D eigenvalue weighted by atomic mass is 16.1. The zero-order chi connectivity index (χ0) is 19.5. The fraction of sp³-hybridized carbons (Fsp3) is 0.600. The summed E-state index contributed by atoms with van der Waals surface area (Å²) in [4.78, 5) is 35.2. The Balaban J connectivity index is 1.37. The van der Waals surface area contributed by atoms with Gasteiger partial charge in [0.1, 0.15) is 0 Å². The molecule has 8 heteroatoms. The quantitative estimate of drug-likeness (QED) is 0.840. The highest BCUT2D eigenvalue weighted by molar-refractivity contribution is 5.32. The van der Waals surface area contributed by atoms with Crippen molar-refractivity contribution in [1.82, 2.24) is 24.8 Å².